The molecule has 27 heavy (non-hydrogen) atoms. The molecule has 2 aromatic rings. The zero-order chi connectivity index (χ0) is 18.5. The van der Waals surface area contributed by atoms with Crippen LogP contribution in [0.5, 0.6) is 0 Å². The van der Waals surface area contributed by atoms with Gasteiger partial charge in [0.05, 0.1) is 5.69 Å². The monoisotopic (exact) mass is 364 g/mol. The van der Waals surface area contributed by atoms with Crippen molar-refractivity contribution in [2.75, 3.05) is 19.6 Å². The highest BCUT2D eigenvalue weighted by Gasteiger charge is 2.40. The van der Waals surface area contributed by atoms with Crippen LogP contribution in [-0.2, 0) is 19.9 Å². The number of carbonyl (C=O) groups excluding carboxylic acids is 1. The van der Waals surface area contributed by atoms with E-state index in [0.29, 0.717) is 18.0 Å². The molecule has 3 saturated heterocycles. The average Bonchev–Trinajstić information content (AvgIpc) is 3.11. The van der Waals surface area contributed by atoms with Gasteiger partial charge in [0.25, 0.3) is 5.91 Å². The second-order valence-corrected chi connectivity index (χ2v) is 8.63. The summed E-state index contributed by atoms with van der Waals surface area (Å²) in [5.41, 5.74) is 4.65. The summed E-state index contributed by atoms with van der Waals surface area (Å²) in [6.07, 6.45) is 4.69. The lowest BCUT2D eigenvalue weighted by Crippen LogP contribution is -2.48. The number of fused-ring (bicyclic) bond motifs is 5. The van der Waals surface area contributed by atoms with E-state index in [2.05, 4.69) is 39.2 Å². The van der Waals surface area contributed by atoms with Crippen molar-refractivity contribution in [3.05, 3.63) is 52.8 Å². The molecule has 5 nitrogen and oxygen atoms in total. The van der Waals surface area contributed by atoms with Crippen LogP contribution >= 0.6 is 0 Å². The lowest BCUT2D eigenvalue weighted by Gasteiger charge is -2.36. The van der Waals surface area contributed by atoms with Crippen LogP contribution in [0.2, 0.25) is 0 Å². The van der Waals surface area contributed by atoms with E-state index in [1.165, 1.54) is 17.5 Å². The van der Waals surface area contributed by atoms with Crippen LogP contribution in [0.25, 0.3) is 0 Å². The Morgan fingerprint density at radius 1 is 1.04 bits per heavy atom. The Labute approximate surface area is 161 Å². The quantitative estimate of drug-likeness (QED) is 0.822. The van der Waals surface area contributed by atoms with E-state index in [4.69, 9.17) is 0 Å². The first-order valence-electron chi connectivity index (χ1n) is 10.2. The predicted octanol–water partition coefficient (Wildman–Crippen LogP) is 2.43. The van der Waals surface area contributed by atoms with E-state index in [1.54, 1.807) is 4.68 Å². The third kappa shape index (κ3) is 2.98. The van der Waals surface area contributed by atoms with Gasteiger partial charge in [-0.05, 0) is 55.7 Å². The maximum Gasteiger partial charge on any atom is 0.272 e. The molecule has 6 rings (SSSR count). The van der Waals surface area contributed by atoms with Crippen molar-refractivity contribution in [2.24, 2.45) is 13.0 Å². The number of hydrogen-bond acceptors (Lipinski definition) is 3. The zero-order valence-corrected chi connectivity index (χ0v) is 16.3. The van der Waals surface area contributed by atoms with E-state index in [1.807, 2.05) is 20.0 Å². The molecule has 1 amide bonds. The fourth-order valence-corrected chi connectivity index (χ4v) is 5.42. The van der Waals surface area contributed by atoms with E-state index in [-0.39, 0.29) is 5.91 Å². The van der Waals surface area contributed by atoms with Crippen LogP contribution in [0.15, 0.2) is 30.3 Å². The highest BCUT2D eigenvalue weighted by atomic mass is 16.2. The Hall–Kier alpha value is -2.14. The van der Waals surface area contributed by atoms with Gasteiger partial charge in [-0.2, -0.15) is 5.10 Å². The highest BCUT2D eigenvalue weighted by Crippen LogP contribution is 2.33. The van der Waals surface area contributed by atoms with Crippen molar-refractivity contribution in [3.63, 3.8) is 0 Å². The third-order valence-corrected chi connectivity index (χ3v) is 6.77. The first kappa shape index (κ1) is 17.0. The first-order valence-corrected chi connectivity index (χ1v) is 10.2. The first-order chi connectivity index (χ1) is 13.1. The van der Waals surface area contributed by atoms with Gasteiger partial charge in [-0.1, -0.05) is 24.3 Å². The summed E-state index contributed by atoms with van der Waals surface area (Å²) < 4.78 is 1.74. The van der Waals surface area contributed by atoms with Gasteiger partial charge in [0.2, 0.25) is 0 Å². The lowest BCUT2D eigenvalue weighted by molar-refractivity contribution is 0.0570. The van der Waals surface area contributed by atoms with Crippen molar-refractivity contribution < 1.29 is 4.79 Å². The second-order valence-electron chi connectivity index (χ2n) is 8.63. The van der Waals surface area contributed by atoms with Gasteiger partial charge in [-0.25, -0.2) is 0 Å². The standard InChI is InChI=1S/C22H28N4O/c1-15-9-21(24(2)23-15)22(27)26-13-16-7-8-19(26)14-25(12-16)20-10-17-5-3-4-6-18(17)11-20/h3-6,9,16,19-20H,7-8,10-14H2,1-2H3/t16-,19+/m0/s1. The summed E-state index contributed by atoms with van der Waals surface area (Å²) in [6, 6.07) is 11.7. The number of rotatable bonds is 2. The molecule has 0 N–H and O–H groups in total. The minimum absolute atomic E-state index is 0.157. The van der Waals surface area contributed by atoms with Crippen LogP contribution in [0, 0.1) is 12.8 Å². The molecule has 1 aromatic carbocycles. The van der Waals surface area contributed by atoms with Gasteiger partial charge in [0.15, 0.2) is 0 Å². The molecule has 2 bridgehead atoms. The highest BCUT2D eigenvalue weighted by molar-refractivity contribution is 5.93. The second kappa shape index (κ2) is 6.48. The Kier molecular flexibility index (Phi) is 4.08. The van der Waals surface area contributed by atoms with E-state index >= 15 is 0 Å². The van der Waals surface area contributed by atoms with Gasteiger partial charge in [-0.3, -0.25) is 14.4 Å². The van der Waals surface area contributed by atoms with Crippen molar-refractivity contribution in [2.45, 2.75) is 44.7 Å². The number of benzene rings is 1. The summed E-state index contributed by atoms with van der Waals surface area (Å²) >= 11 is 0. The molecule has 4 aliphatic rings. The van der Waals surface area contributed by atoms with Crippen LogP contribution in [0.4, 0.5) is 0 Å². The molecule has 0 saturated carbocycles. The molecule has 4 heterocycles. The molecule has 0 spiro atoms. The molecule has 1 aromatic heterocycles. The summed E-state index contributed by atoms with van der Waals surface area (Å²) in [5.74, 6) is 0.745. The number of nitrogens with zero attached hydrogens (tertiary/aromatic N) is 4. The largest absolute Gasteiger partial charge is 0.333 e. The molecular formula is C22H28N4O. The number of carbonyl (C=O) groups is 1. The van der Waals surface area contributed by atoms with E-state index in [9.17, 15) is 4.79 Å². The fourth-order valence-electron chi connectivity index (χ4n) is 5.42. The topological polar surface area (TPSA) is 41.4 Å². The molecule has 1 aliphatic carbocycles. The molecule has 0 radical (unpaired) electrons. The lowest BCUT2D eigenvalue weighted by atomic mass is 9.94. The maximum absolute atomic E-state index is 13.2. The molecule has 3 aliphatic heterocycles. The number of aromatic nitrogens is 2. The maximum atomic E-state index is 13.2. The predicted molar refractivity (Wildman–Crippen MR) is 105 cm³/mol. The summed E-state index contributed by atoms with van der Waals surface area (Å²) in [7, 11) is 1.87. The Bertz CT molecular complexity index is 848. The Morgan fingerprint density at radius 3 is 2.44 bits per heavy atom. The SMILES string of the molecule is Cc1cc(C(=O)N2C[C@H]3CC[C@@H]2CN(C2Cc4ccccc4C2)C3)n(C)n1. The molecule has 3 fully saturated rings. The third-order valence-electron chi connectivity index (χ3n) is 6.77. The van der Waals surface area contributed by atoms with Gasteiger partial charge in [-0.15, -0.1) is 0 Å². The molecule has 0 unspecified atom stereocenters. The molecular weight excluding hydrogens is 336 g/mol. The summed E-state index contributed by atoms with van der Waals surface area (Å²) in [6.45, 7) is 4.98. The minimum Gasteiger partial charge on any atom is -0.333 e. The summed E-state index contributed by atoms with van der Waals surface area (Å²) in [5, 5.41) is 4.37. The average molecular weight is 364 g/mol. The normalized spacial score (nSPS) is 25.6. The van der Waals surface area contributed by atoms with Gasteiger partial charge < -0.3 is 4.90 Å². The zero-order valence-electron chi connectivity index (χ0n) is 16.3. The summed E-state index contributed by atoms with van der Waals surface area (Å²) in [4.78, 5) is 18.1. The van der Waals surface area contributed by atoms with E-state index < -0.39 is 0 Å². The van der Waals surface area contributed by atoms with Gasteiger partial charge in [0, 0.05) is 38.8 Å². The molecule has 2 atom stereocenters. The van der Waals surface area contributed by atoms with Crippen LogP contribution in [-0.4, -0.2) is 57.2 Å². The van der Waals surface area contributed by atoms with Gasteiger partial charge in [0.1, 0.15) is 5.69 Å². The number of hydrogen-bond donors (Lipinski definition) is 0. The van der Waals surface area contributed by atoms with Crippen LogP contribution < -0.4 is 0 Å². The smallest absolute Gasteiger partial charge is 0.272 e. The van der Waals surface area contributed by atoms with Crippen molar-refractivity contribution in [3.8, 4) is 0 Å². The number of amides is 1. The van der Waals surface area contributed by atoms with Crippen molar-refractivity contribution in [1.29, 1.82) is 0 Å². The minimum atomic E-state index is 0.157. The number of aryl methyl sites for hydroxylation is 2. The van der Waals surface area contributed by atoms with Crippen LogP contribution in [0.1, 0.15) is 40.2 Å². The van der Waals surface area contributed by atoms with Crippen molar-refractivity contribution in [1.82, 2.24) is 19.6 Å². The van der Waals surface area contributed by atoms with Gasteiger partial charge >= 0.3 is 0 Å². The Balaban J connectivity index is 1.35. The molecule has 5 heteroatoms. The Morgan fingerprint density at radius 2 is 1.78 bits per heavy atom. The van der Waals surface area contributed by atoms with Crippen LogP contribution in [0.3, 0.4) is 0 Å². The van der Waals surface area contributed by atoms with E-state index in [0.717, 1.165) is 50.3 Å². The molecule has 142 valence electrons. The number of piperidine rings is 1. The van der Waals surface area contributed by atoms with Crippen molar-refractivity contribution >= 4 is 5.91 Å². The fraction of sp³-hybridized carbons (Fsp3) is 0.545.